The van der Waals surface area contributed by atoms with Crippen LogP contribution in [-0.4, -0.2) is 18.0 Å². The smallest absolute Gasteiger partial charge is 0.264 e. The molecule has 0 saturated carbocycles. The van der Waals surface area contributed by atoms with E-state index in [2.05, 4.69) is 9.17 Å². The third-order valence-electron chi connectivity index (χ3n) is 1.37. The summed E-state index contributed by atoms with van der Waals surface area (Å²) in [6.45, 7) is 1.48. The number of aromatic nitrogens is 1. The van der Waals surface area contributed by atoms with Crippen molar-refractivity contribution < 1.29 is 17.2 Å². The van der Waals surface area contributed by atoms with Gasteiger partial charge in [0.05, 0.1) is 5.69 Å². The molecule has 0 fully saturated rings. The van der Waals surface area contributed by atoms with Crippen molar-refractivity contribution in [1.29, 1.82) is 0 Å². The van der Waals surface area contributed by atoms with E-state index in [1.54, 1.807) is 18.2 Å². The number of hydrogen-bond donors (Lipinski definition) is 1. The zero-order valence-corrected chi connectivity index (χ0v) is 7.73. The molecule has 0 amide bonds. The highest BCUT2D eigenvalue weighted by Gasteiger charge is 2.14. The van der Waals surface area contributed by atoms with Crippen molar-refractivity contribution in [2.24, 2.45) is 0 Å². The first-order valence-corrected chi connectivity index (χ1v) is 4.92. The van der Waals surface area contributed by atoms with Crippen LogP contribution in [-0.2, 0) is 14.6 Å². The van der Waals surface area contributed by atoms with Crippen LogP contribution in [0.4, 0.5) is 0 Å². The van der Waals surface area contributed by atoms with Gasteiger partial charge in [0, 0.05) is 6.20 Å². The Hall–Kier alpha value is -0.980. The molecule has 13 heavy (non-hydrogen) atoms. The molecule has 1 aromatic rings. The lowest BCUT2D eigenvalue weighted by Gasteiger charge is -2.08. The Morgan fingerprint density at radius 3 is 2.69 bits per heavy atom. The van der Waals surface area contributed by atoms with Crippen LogP contribution in [0.5, 0.6) is 0 Å². The summed E-state index contributed by atoms with van der Waals surface area (Å²) in [4.78, 5) is 3.86. The largest absolute Gasteiger partial charge is 0.397 e. The second-order valence-electron chi connectivity index (χ2n) is 2.42. The van der Waals surface area contributed by atoms with Crippen molar-refractivity contribution in [2.75, 3.05) is 0 Å². The standard InChI is InChI=1S/C7H9NO4S/c1-6(12-13(9,10)11)7-4-2-3-5-8-7/h2-6H,1H3,(H,9,10,11). The van der Waals surface area contributed by atoms with Crippen molar-refractivity contribution in [3.05, 3.63) is 30.1 Å². The van der Waals surface area contributed by atoms with Crippen LogP contribution in [0.3, 0.4) is 0 Å². The van der Waals surface area contributed by atoms with Gasteiger partial charge in [0.2, 0.25) is 0 Å². The highest BCUT2D eigenvalue weighted by Crippen LogP contribution is 2.14. The van der Waals surface area contributed by atoms with Crippen LogP contribution in [0.1, 0.15) is 18.7 Å². The van der Waals surface area contributed by atoms with Gasteiger partial charge in [0.15, 0.2) is 0 Å². The first-order valence-electron chi connectivity index (χ1n) is 3.55. The molecular formula is C7H9NO4S. The van der Waals surface area contributed by atoms with Gasteiger partial charge in [-0.25, -0.2) is 4.18 Å². The lowest BCUT2D eigenvalue weighted by molar-refractivity contribution is 0.197. The van der Waals surface area contributed by atoms with E-state index in [4.69, 9.17) is 4.55 Å². The van der Waals surface area contributed by atoms with Crippen molar-refractivity contribution in [2.45, 2.75) is 13.0 Å². The zero-order valence-electron chi connectivity index (χ0n) is 6.91. The van der Waals surface area contributed by atoms with E-state index >= 15 is 0 Å². The molecule has 1 heterocycles. The minimum atomic E-state index is -4.41. The maximum absolute atomic E-state index is 10.3. The number of hydrogen-bond acceptors (Lipinski definition) is 4. The highest BCUT2D eigenvalue weighted by atomic mass is 32.3. The fraction of sp³-hybridized carbons (Fsp3) is 0.286. The van der Waals surface area contributed by atoms with Gasteiger partial charge < -0.3 is 0 Å². The molecule has 0 aromatic carbocycles. The van der Waals surface area contributed by atoms with Crippen LogP contribution in [0, 0.1) is 0 Å². The van der Waals surface area contributed by atoms with E-state index in [9.17, 15) is 8.42 Å². The minimum Gasteiger partial charge on any atom is -0.264 e. The Labute approximate surface area is 76.3 Å². The number of nitrogens with zero attached hydrogens (tertiary/aromatic N) is 1. The van der Waals surface area contributed by atoms with Gasteiger partial charge in [0.25, 0.3) is 0 Å². The molecule has 0 bridgehead atoms. The number of pyridine rings is 1. The van der Waals surface area contributed by atoms with E-state index in [-0.39, 0.29) is 0 Å². The van der Waals surface area contributed by atoms with Crippen molar-refractivity contribution in [3.8, 4) is 0 Å². The predicted molar refractivity (Wildman–Crippen MR) is 45.3 cm³/mol. The molecule has 0 aliphatic rings. The van der Waals surface area contributed by atoms with Crippen LogP contribution in [0.25, 0.3) is 0 Å². The molecule has 72 valence electrons. The molecular weight excluding hydrogens is 194 g/mol. The Morgan fingerprint density at radius 2 is 2.23 bits per heavy atom. The summed E-state index contributed by atoms with van der Waals surface area (Å²) < 4.78 is 33.3. The maximum Gasteiger partial charge on any atom is 0.397 e. The molecule has 0 spiro atoms. The van der Waals surface area contributed by atoms with E-state index in [1.807, 2.05) is 0 Å². The van der Waals surface area contributed by atoms with Crippen LogP contribution < -0.4 is 0 Å². The first-order chi connectivity index (χ1) is 5.99. The number of rotatable bonds is 3. The molecule has 1 rings (SSSR count). The summed E-state index contributed by atoms with van der Waals surface area (Å²) in [6.07, 6.45) is 0.732. The maximum atomic E-state index is 10.3. The SMILES string of the molecule is CC(OS(=O)(=O)O)c1ccccn1. The third kappa shape index (κ3) is 3.49. The molecule has 0 saturated heterocycles. The predicted octanol–water partition coefficient (Wildman–Crippen LogP) is 0.962. The molecule has 1 N–H and O–H groups in total. The Morgan fingerprint density at radius 1 is 1.54 bits per heavy atom. The normalized spacial score (nSPS) is 14.0. The average Bonchev–Trinajstić information content (AvgIpc) is 2.03. The van der Waals surface area contributed by atoms with Gasteiger partial charge in [-0.3, -0.25) is 9.54 Å². The Kier molecular flexibility index (Phi) is 2.97. The van der Waals surface area contributed by atoms with Crippen molar-refractivity contribution in [1.82, 2.24) is 4.98 Å². The minimum absolute atomic E-state index is 0.445. The second-order valence-corrected chi connectivity index (χ2v) is 3.47. The van der Waals surface area contributed by atoms with Gasteiger partial charge in [-0.1, -0.05) is 6.07 Å². The van der Waals surface area contributed by atoms with Gasteiger partial charge in [0.1, 0.15) is 6.10 Å². The molecule has 6 heteroatoms. The third-order valence-corrected chi connectivity index (χ3v) is 1.90. The molecule has 1 aromatic heterocycles. The quantitative estimate of drug-likeness (QED) is 0.740. The second kappa shape index (κ2) is 3.82. The van der Waals surface area contributed by atoms with Gasteiger partial charge >= 0.3 is 10.4 Å². The Bertz CT molecular complexity index is 361. The monoisotopic (exact) mass is 203 g/mol. The van der Waals surface area contributed by atoms with Crippen LogP contribution in [0.15, 0.2) is 24.4 Å². The zero-order chi connectivity index (χ0) is 9.90. The summed E-state index contributed by atoms with van der Waals surface area (Å²) in [5, 5.41) is 0. The first kappa shape index (κ1) is 10.1. The molecule has 5 nitrogen and oxygen atoms in total. The molecule has 1 unspecified atom stereocenters. The summed E-state index contributed by atoms with van der Waals surface area (Å²) in [5.74, 6) is 0. The summed E-state index contributed by atoms with van der Waals surface area (Å²) in [5.41, 5.74) is 0.445. The van der Waals surface area contributed by atoms with Crippen LogP contribution in [0.2, 0.25) is 0 Å². The molecule has 1 atom stereocenters. The highest BCUT2D eigenvalue weighted by molar-refractivity contribution is 7.80. The lowest BCUT2D eigenvalue weighted by Crippen LogP contribution is -2.08. The fourth-order valence-electron chi connectivity index (χ4n) is 0.848. The van der Waals surface area contributed by atoms with Gasteiger partial charge in [-0.2, -0.15) is 8.42 Å². The van der Waals surface area contributed by atoms with Crippen molar-refractivity contribution in [3.63, 3.8) is 0 Å². The Balaban J connectivity index is 2.76. The summed E-state index contributed by atoms with van der Waals surface area (Å²) in [6, 6.07) is 5.01. The van der Waals surface area contributed by atoms with E-state index in [0.29, 0.717) is 5.69 Å². The summed E-state index contributed by atoms with van der Waals surface area (Å²) in [7, 11) is -4.41. The summed E-state index contributed by atoms with van der Waals surface area (Å²) >= 11 is 0. The average molecular weight is 203 g/mol. The molecule has 0 radical (unpaired) electrons. The van der Waals surface area contributed by atoms with Crippen LogP contribution >= 0.6 is 0 Å². The van der Waals surface area contributed by atoms with E-state index < -0.39 is 16.5 Å². The molecule has 0 aliphatic carbocycles. The fourth-order valence-corrected chi connectivity index (χ4v) is 1.31. The van der Waals surface area contributed by atoms with Gasteiger partial charge in [-0.05, 0) is 19.1 Å². The van der Waals surface area contributed by atoms with E-state index in [0.717, 1.165) is 0 Å². The topological polar surface area (TPSA) is 76.5 Å². The van der Waals surface area contributed by atoms with Crippen molar-refractivity contribution >= 4 is 10.4 Å². The van der Waals surface area contributed by atoms with E-state index in [1.165, 1.54) is 13.1 Å². The lowest BCUT2D eigenvalue weighted by atomic mass is 10.2. The molecule has 0 aliphatic heterocycles. The van der Waals surface area contributed by atoms with Gasteiger partial charge in [-0.15, -0.1) is 0 Å².